The Balaban J connectivity index is -0.000000551. The second-order valence-electron chi connectivity index (χ2n) is 6.77. The van der Waals surface area contributed by atoms with Gasteiger partial charge in [-0.3, -0.25) is 0 Å². The summed E-state index contributed by atoms with van der Waals surface area (Å²) in [6, 6.07) is 0. The van der Waals surface area contributed by atoms with Crippen molar-refractivity contribution in [1.82, 2.24) is 0 Å². The normalized spacial score (nSPS) is 17.5. The van der Waals surface area contributed by atoms with E-state index < -0.39 is 0 Å². The maximum absolute atomic E-state index is 2.57. The number of hydrogen-bond acceptors (Lipinski definition) is 0. The summed E-state index contributed by atoms with van der Waals surface area (Å²) in [5, 5.41) is 9.95. The van der Waals surface area contributed by atoms with Crippen molar-refractivity contribution in [2.75, 3.05) is 52.4 Å². The molecule has 1 saturated carbocycles. The molecule has 158 valence electrons. The van der Waals surface area contributed by atoms with E-state index in [2.05, 4.69) is 35.1 Å². The van der Waals surface area contributed by atoms with Crippen LogP contribution in [0, 0.1) is 11.8 Å². The monoisotopic (exact) mass is 442 g/mol. The summed E-state index contributed by atoms with van der Waals surface area (Å²) in [5.74, 6) is 2.08. The molecule has 0 aliphatic heterocycles. The van der Waals surface area contributed by atoms with Gasteiger partial charge in [-0.15, -0.1) is 0 Å². The Bertz CT molecular complexity index is 217. The third kappa shape index (κ3) is 21.2. The summed E-state index contributed by atoms with van der Waals surface area (Å²) >= 11 is 0. The third-order valence-electron chi connectivity index (χ3n) is 4.72. The van der Waals surface area contributed by atoms with Crippen LogP contribution in [-0.4, -0.2) is 52.4 Å². The van der Waals surface area contributed by atoms with Crippen LogP contribution in [0.1, 0.15) is 46.0 Å². The van der Waals surface area contributed by atoms with Crippen LogP contribution in [0.25, 0.3) is 0 Å². The summed E-state index contributed by atoms with van der Waals surface area (Å²) in [6.45, 7) is 15.1. The molecule has 4 nitrogen and oxygen atoms in total. The van der Waals surface area contributed by atoms with Crippen LogP contribution in [0.4, 0.5) is 0 Å². The molecular formula is C17H42Cl4N4. The van der Waals surface area contributed by atoms with Gasteiger partial charge in [0, 0.05) is 37.5 Å². The summed E-state index contributed by atoms with van der Waals surface area (Å²) < 4.78 is 0. The maximum atomic E-state index is 2.57. The predicted octanol–water partition coefficient (Wildman–Crippen LogP) is -14.5. The fraction of sp³-hybridized carbons (Fsp3) is 1.00. The van der Waals surface area contributed by atoms with Gasteiger partial charge in [0.05, 0.1) is 52.4 Å². The molecule has 0 radical (unpaired) electrons. The predicted molar refractivity (Wildman–Crippen MR) is 88.1 cm³/mol. The number of hydrogen-bond donors (Lipinski definition) is 4. The van der Waals surface area contributed by atoms with E-state index in [1.807, 2.05) is 0 Å². The quantitative estimate of drug-likeness (QED) is 0.171. The molecule has 2 atom stereocenters. The van der Waals surface area contributed by atoms with Crippen LogP contribution in [-0.2, 0) is 0 Å². The van der Waals surface area contributed by atoms with Crippen LogP contribution in [0.15, 0.2) is 0 Å². The summed E-state index contributed by atoms with van der Waals surface area (Å²) in [6.07, 6.45) is 7.08. The van der Waals surface area contributed by atoms with Crippen LogP contribution >= 0.6 is 0 Å². The van der Waals surface area contributed by atoms with E-state index in [9.17, 15) is 0 Å². The molecule has 0 spiro atoms. The first-order chi connectivity index (χ1) is 10.4. The minimum absolute atomic E-state index is 0. The number of unbranched alkanes of at least 4 members (excludes halogenated alkanes) is 2. The smallest absolute Gasteiger partial charge is 0.0789 e. The molecule has 1 fully saturated rings. The van der Waals surface area contributed by atoms with Gasteiger partial charge in [-0.25, -0.2) is 0 Å². The van der Waals surface area contributed by atoms with Gasteiger partial charge in [0.15, 0.2) is 0 Å². The van der Waals surface area contributed by atoms with Crippen LogP contribution in [0.2, 0.25) is 0 Å². The van der Waals surface area contributed by atoms with E-state index in [4.69, 9.17) is 0 Å². The summed E-state index contributed by atoms with van der Waals surface area (Å²) in [7, 11) is 0. The Labute approximate surface area is 180 Å². The Hall–Kier alpha value is 1.00. The minimum Gasteiger partial charge on any atom is -1.00 e. The van der Waals surface area contributed by atoms with Gasteiger partial charge in [-0.1, -0.05) is 0 Å². The number of rotatable bonds is 16. The molecule has 1 aliphatic rings. The molecule has 1 aliphatic carbocycles. The topological polar surface area (TPSA) is 66.4 Å². The van der Waals surface area contributed by atoms with Gasteiger partial charge in [0.2, 0.25) is 0 Å². The van der Waals surface area contributed by atoms with Crippen molar-refractivity contribution in [3.8, 4) is 0 Å². The highest BCUT2D eigenvalue weighted by Crippen LogP contribution is 2.35. The zero-order valence-electron chi connectivity index (χ0n) is 16.2. The SMILES string of the molecule is CC[NH2+]CCCC[NH2+]C[C@@H]1C[C@@H]1C[NH2+]CCCC[NH2+]CC.[Cl-].[Cl-].[Cl-].[Cl-]. The van der Waals surface area contributed by atoms with Crippen LogP contribution in [0.3, 0.4) is 0 Å². The Morgan fingerprint density at radius 2 is 0.880 bits per heavy atom. The molecule has 0 saturated heterocycles. The lowest BCUT2D eigenvalue weighted by atomic mass is 10.2. The van der Waals surface area contributed by atoms with Crippen molar-refractivity contribution in [2.45, 2.75) is 46.0 Å². The molecule has 0 bridgehead atoms. The maximum Gasteiger partial charge on any atom is 0.0789 e. The second-order valence-corrected chi connectivity index (χ2v) is 6.77. The van der Waals surface area contributed by atoms with Crippen LogP contribution < -0.4 is 70.9 Å². The molecule has 0 aromatic rings. The number of quaternary nitrogens is 4. The molecule has 0 amide bonds. The van der Waals surface area contributed by atoms with E-state index >= 15 is 0 Å². The van der Waals surface area contributed by atoms with Gasteiger partial charge in [-0.05, 0) is 20.3 Å². The molecule has 8 N–H and O–H groups in total. The molecule has 0 aromatic heterocycles. The van der Waals surface area contributed by atoms with E-state index in [0.717, 1.165) is 11.8 Å². The molecule has 1 rings (SSSR count). The highest BCUT2D eigenvalue weighted by atomic mass is 35.5. The standard InChI is InChI=1S/C17H38N4.4ClH/c1-3-18-9-5-7-11-20-14-16-13-17(16)15-21-12-8-6-10-19-4-2;;;;/h16-21H,3-15H2,1-2H3;4*1H/t16-,17+;;;;. The molecule has 8 heteroatoms. The van der Waals surface area contributed by atoms with Crippen molar-refractivity contribution in [1.29, 1.82) is 0 Å². The Morgan fingerprint density at radius 1 is 0.560 bits per heavy atom. The number of nitrogens with two attached hydrogens (primary N) is 4. The summed E-state index contributed by atoms with van der Waals surface area (Å²) in [5.41, 5.74) is 0. The van der Waals surface area contributed by atoms with Crippen LogP contribution in [0.5, 0.6) is 0 Å². The van der Waals surface area contributed by atoms with Gasteiger partial charge < -0.3 is 70.9 Å². The van der Waals surface area contributed by atoms with E-state index in [1.165, 1.54) is 84.5 Å². The largest absolute Gasteiger partial charge is 1.00 e. The fourth-order valence-electron chi connectivity index (χ4n) is 3.11. The summed E-state index contributed by atoms with van der Waals surface area (Å²) in [4.78, 5) is 0. The lowest BCUT2D eigenvalue weighted by Crippen LogP contribution is -3.00. The van der Waals surface area contributed by atoms with Gasteiger partial charge in [-0.2, -0.15) is 0 Å². The number of halogens is 4. The first-order valence-corrected chi connectivity index (χ1v) is 9.65. The Morgan fingerprint density at radius 3 is 1.20 bits per heavy atom. The fourth-order valence-corrected chi connectivity index (χ4v) is 3.11. The second kappa shape index (κ2) is 25.0. The van der Waals surface area contributed by atoms with Crippen molar-refractivity contribution in [3.05, 3.63) is 0 Å². The highest BCUT2D eigenvalue weighted by Gasteiger charge is 2.39. The molecule has 25 heavy (non-hydrogen) atoms. The van der Waals surface area contributed by atoms with E-state index in [-0.39, 0.29) is 49.6 Å². The van der Waals surface area contributed by atoms with Gasteiger partial charge in [0.25, 0.3) is 0 Å². The van der Waals surface area contributed by atoms with Crippen molar-refractivity contribution in [3.63, 3.8) is 0 Å². The van der Waals surface area contributed by atoms with Crippen molar-refractivity contribution < 1.29 is 70.9 Å². The first kappa shape index (κ1) is 33.6. The van der Waals surface area contributed by atoms with E-state index in [1.54, 1.807) is 0 Å². The minimum atomic E-state index is 0. The highest BCUT2D eigenvalue weighted by molar-refractivity contribution is 4.84. The van der Waals surface area contributed by atoms with Crippen molar-refractivity contribution >= 4 is 0 Å². The molecule has 0 heterocycles. The van der Waals surface area contributed by atoms with Crippen molar-refractivity contribution in [2.24, 2.45) is 11.8 Å². The van der Waals surface area contributed by atoms with Gasteiger partial charge >= 0.3 is 0 Å². The molecule has 0 aromatic carbocycles. The average molecular weight is 444 g/mol. The lowest BCUT2D eigenvalue weighted by molar-refractivity contribution is -0.671. The average Bonchev–Trinajstić information content (AvgIpc) is 3.24. The van der Waals surface area contributed by atoms with E-state index in [0.29, 0.717) is 0 Å². The zero-order valence-corrected chi connectivity index (χ0v) is 19.2. The zero-order chi connectivity index (χ0) is 15.2. The Kier molecular flexibility index (Phi) is 33.6. The third-order valence-corrected chi connectivity index (χ3v) is 4.72. The van der Waals surface area contributed by atoms with Gasteiger partial charge in [0.1, 0.15) is 0 Å². The molecular weight excluding hydrogens is 402 g/mol. The lowest BCUT2D eigenvalue weighted by Gasteiger charge is -2.02. The first-order valence-electron chi connectivity index (χ1n) is 9.65. The molecule has 0 unspecified atom stereocenters.